The molecule has 184 valence electrons. The maximum atomic E-state index is 13.3. The van der Waals surface area contributed by atoms with E-state index in [9.17, 15) is 19.2 Å². The molecule has 1 saturated carbocycles. The van der Waals surface area contributed by atoms with Crippen LogP contribution < -0.4 is 10.2 Å². The maximum Gasteiger partial charge on any atom is 0.338 e. The fourth-order valence-corrected chi connectivity index (χ4v) is 5.05. The first-order valence-corrected chi connectivity index (χ1v) is 11.8. The van der Waals surface area contributed by atoms with Gasteiger partial charge in [0.2, 0.25) is 11.8 Å². The molecular formula is C27H25N3O6. The van der Waals surface area contributed by atoms with Crippen LogP contribution in [0.3, 0.4) is 0 Å². The minimum atomic E-state index is -0.746. The van der Waals surface area contributed by atoms with Crippen molar-refractivity contribution in [2.75, 3.05) is 16.8 Å². The number of hydrogen-bond acceptors (Lipinski definition) is 7. The normalized spacial score (nSPS) is 21.2. The lowest BCUT2D eigenvalue weighted by Crippen LogP contribution is -2.31. The van der Waals surface area contributed by atoms with Crippen LogP contribution in [0.1, 0.15) is 46.9 Å². The van der Waals surface area contributed by atoms with Crippen molar-refractivity contribution in [3.8, 4) is 0 Å². The number of anilines is 2. The van der Waals surface area contributed by atoms with Gasteiger partial charge in [0.05, 0.1) is 23.1 Å². The Morgan fingerprint density at radius 1 is 1.03 bits per heavy atom. The van der Waals surface area contributed by atoms with Crippen molar-refractivity contribution in [1.82, 2.24) is 5.16 Å². The minimum absolute atomic E-state index is 0.134. The number of fused-ring (bicyclic) bond motifs is 1. The summed E-state index contributed by atoms with van der Waals surface area (Å²) in [7, 11) is 0. The van der Waals surface area contributed by atoms with Gasteiger partial charge in [-0.2, -0.15) is 0 Å². The van der Waals surface area contributed by atoms with E-state index in [1.165, 1.54) is 28.7 Å². The van der Waals surface area contributed by atoms with Gasteiger partial charge in [-0.3, -0.25) is 19.3 Å². The van der Waals surface area contributed by atoms with Gasteiger partial charge in [-0.15, -0.1) is 0 Å². The first-order valence-electron chi connectivity index (χ1n) is 11.8. The standard InChI is InChI=1S/C27H25N3O6/c1-16-12-23(29-36-16)28-24(31)15-35-27(34)19-8-5-9-20(13-19)30-25(32)21-11-10-18(14-22(21)26(30)33)17-6-3-2-4-7-17/h2-9,12-13,18,21-22H,10-11,14-15H2,1H3,(H,28,29,31)/t18-,21+,22+/m0/s1. The zero-order valence-electron chi connectivity index (χ0n) is 19.7. The molecule has 3 aromatic rings. The van der Waals surface area contributed by atoms with Crippen molar-refractivity contribution in [3.05, 3.63) is 77.6 Å². The molecule has 1 aromatic heterocycles. The van der Waals surface area contributed by atoms with Crippen molar-refractivity contribution >= 4 is 35.2 Å². The van der Waals surface area contributed by atoms with Gasteiger partial charge in [0.1, 0.15) is 5.76 Å². The number of carbonyl (C=O) groups is 4. The molecule has 0 unspecified atom stereocenters. The lowest BCUT2D eigenvalue weighted by atomic mass is 9.73. The van der Waals surface area contributed by atoms with Crippen LogP contribution in [-0.4, -0.2) is 35.5 Å². The molecule has 2 fully saturated rings. The molecule has 1 N–H and O–H groups in total. The van der Waals surface area contributed by atoms with Crippen LogP contribution in [0.4, 0.5) is 11.5 Å². The number of rotatable bonds is 6. The second-order valence-electron chi connectivity index (χ2n) is 9.14. The summed E-state index contributed by atoms with van der Waals surface area (Å²) in [5.41, 5.74) is 1.64. The second-order valence-corrected chi connectivity index (χ2v) is 9.14. The van der Waals surface area contributed by atoms with Gasteiger partial charge in [-0.25, -0.2) is 4.79 Å². The topological polar surface area (TPSA) is 119 Å². The Kier molecular flexibility index (Phi) is 6.37. The number of amides is 3. The predicted molar refractivity (Wildman–Crippen MR) is 129 cm³/mol. The van der Waals surface area contributed by atoms with Crippen LogP contribution >= 0.6 is 0 Å². The van der Waals surface area contributed by atoms with Crippen molar-refractivity contribution in [2.24, 2.45) is 11.8 Å². The third-order valence-electron chi connectivity index (χ3n) is 6.77. The summed E-state index contributed by atoms with van der Waals surface area (Å²) >= 11 is 0. The molecule has 36 heavy (non-hydrogen) atoms. The number of nitrogens with one attached hydrogen (secondary N) is 1. The van der Waals surface area contributed by atoms with E-state index in [-0.39, 0.29) is 40.9 Å². The van der Waals surface area contributed by atoms with E-state index in [0.717, 1.165) is 6.42 Å². The molecule has 0 radical (unpaired) electrons. The number of aromatic nitrogens is 1. The van der Waals surface area contributed by atoms with E-state index in [1.54, 1.807) is 19.1 Å². The molecule has 3 amide bonds. The number of esters is 1. The number of aryl methyl sites for hydroxylation is 1. The number of nitrogens with zero attached hydrogens (tertiary/aromatic N) is 2. The van der Waals surface area contributed by atoms with Crippen LogP contribution in [-0.2, 0) is 19.1 Å². The highest BCUT2D eigenvalue weighted by molar-refractivity contribution is 6.22. The summed E-state index contributed by atoms with van der Waals surface area (Å²) in [5.74, 6) is -1.54. The van der Waals surface area contributed by atoms with Crippen molar-refractivity contribution < 1.29 is 28.4 Å². The lowest BCUT2D eigenvalue weighted by Gasteiger charge is -2.28. The lowest BCUT2D eigenvalue weighted by molar-refractivity contribution is -0.122. The summed E-state index contributed by atoms with van der Waals surface area (Å²) in [4.78, 5) is 52.3. The Balaban J connectivity index is 1.25. The maximum absolute atomic E-state index is 13.3. The second kappa shape index (κ2) is 9.77. The number of carbonyl (C=O) groups excluding carboxylic acids is 4. The quantitative estimate of drug-likeness (QED) is 0.414. The summed E-state index contributed by atoms with van der Waals surface area (Å²) in [6.45, 7) is 1.16. The summed E-state index contributed by atoms with van der Waals surface area (Å²) < 4.78 is 9.97. The number of ether oxygens (including phenoxy) is 1. The van der Waals surface area contributed by atoms with E-state index in [2.05, 4.69) is 22.6 Å². The van der Waals surface area contributed by atoms with Crippen molar-refractivity contribution in [3.63, 3.8) is 0 Å². The van der Waals surface area contributed by atoms with E-state index in [1.807, 2.05) is 18.2 Å². The molecule has 9 heteroatoms. The molecule has 2 aromatic carbocycles. The van der Waals surface area contributed by atoms with Crippen LogP contribution in [0, 0.1) is 18.8 Å². The molecular weight excluding hydrogens is 462 g/mol. The van der Waals surface area contributed by atoms with Crippen molar-refractivity contribution in [2.45, 2.75) is 32.1 Å². The first-order chi connectivity index (χ1) is 17.4. The Morgan fingerprint density at radius 2 is 1.81 bits per heavy atom. The van der Waals surface area contributed by atoms with Crippen molar-refractivity contribution in [1.29, 1.82) is 0 Å². The predicted octanol–water partition coefficient (Wildman–Crippen LogP) is 3.85. The number of imide groups is 1. The molecule has 0 bridgehead atoms. The minimum Gasteiger partial charge on any atom is -0.452 e. The van der Waals surface area contributed by atoms with Crippen LogP contribution in [0.25, 0.3) is 0 Å². The molecule has 2 aliphatic rings. The monoisotopic (exact) mass is 487 g/mol. The van der Waals surface area contributed by atoms with Gasteiger partial charge in [0.25, 0.3) is 5.91 Å². The average Bonchev–Trinajstić information content (AvgIpc) is 3.42. The van der Waals surface area contributed by atoms with Crippen LogP contribution in [0.15, 0.2) is 65.2 Å². The first kappa shape index (κ1) is 23.5. The van der Waals surface area contributed by atoms with E-state index >= 15 is 0 Å². The number of hydrogen-bond donors (Lipinski definition) is 1. The highest BCUT2D eigenvalue weighted by Gasteiger charge is 2.50. The molecule has 5 rings (SSSR count). The summed E-state index contributed by atoms with van der Waals surface area (Å²) in [6, 6.07) is 17.8. The average molecular weight is 488 g/mol. The Hall–Kier alpha value is -4.27. The third-order valence-corrected chi connectivity index (χ3v) is 6.77. The van der Waals surface area contributed by atoms with E-state index in [4.69, 9.17) is 9.26 Å². The van der Waals surface area contributed by atoms with Crippen LogP contribution in [0.5, 0.6) is 0 Å². The third kappa shape index (κ3) is 4.64. The molecule has 1 aliphatic carbocycles. The van der Waals surface area contributed by atoms with Crippen LogP contribution in [0.2, 0.25) is 0 Å². The van der Waals surface area contributed by atoms with Gasteiger partial charge < -0.3 is 14.6 Å². The number of benzene rings is 2. The Labute approximate surface area is 207 Å². The van der Waals surface area contributed by atoms with Gasteiger partial charge in [-0.1, -0.05) is 41.6 Å². The highest BCUT2D eigenvalue weighted by Crippen LogP contribution is 2.45. The summed E-state index contributed by atoms with van der Waals surface area (Å²) in [5, 5.41) is 6.11. The SMILES string of the molecule is Cc1cc(NC(=O)COC(=O)c2cccc(N3C(=O)[C@@H]4CC[C@H](c5ccccc5)C[C@H]4C3=O)c2)no1. The van der Waals surface area contributed by atoms with Gasteiger partial charge in [0.15, 0.2) is 12.4 Å². The zero-order chi connectivity index (χ0) is 25.2. The van der Waals surface area contributed by atoms with Gasteiger partial charge in [-0.05, 0) is 55.9 Å². The fraction of sp³-hybridized carbons (Fsp3) is 0.296. The molecule has 3 atom stereocenters. The Bertz CT molecular complexity index is 1320. The van der Waals surface area contributed by atoms with E-state index < -0.39 is 18.5 Å². The van der Waals surface area contributed by atoms with E-state index in [0.29, 0.717) is 24.3 Å². The smallest absolute Gasteiger partial charge is 0.338 e. The fourth-order valence-electron chi connectivity index (χ4n) is 5.05. The molecule has 0 spiro atoms. The van der Waals surface area contributed by atoms with Gasteiger partial charge in [0, 0.05) is 6.07 Å². The molecule has 9 nitrogen and oxygen atoms in total. The molecule has 1 saturated heterocycles. The van der Waals surface area contributed by atoms with Gasteiger partial charge >= 0.3 is 5.97 Å². The summed E-state index contributed by atoms with van der Waals surface area (Å²) in [6.07, 6.45) is 2.12. The highest BCUT2D eigenvalue weighted by atomic mass is 16.5. The largest absolute Gasteiger partial charge is 0.452 e. The zero-order valence-corrected chi connectivity index (χ0v) is 19.7. The Morgan fingerprint density at radius 3 is 2.56 bits per heavy atom. The molecule has 2 heterocycles. The molecule has 1 aliphatic heterocycles.